The van der Waals surface area contributed by atoms with E-state index in [1.165, 1.54) is 0 Å². The monoisotopic (exact) mass is 513 g/mol. The van der Waals surface area contributed by atoms with Gasteiger partial charge < -0.3 is 20.7 Å². The Hall–Kier alpha value is -4.47. The molecule has 3 heterocycles. The van der Waals surface area contributed by atoms with Crippen LogP contribution in [0.3, 0.4) is 0 Å². The van der Waals surface area contributed by atoms with E-state index < -0.39 is 11.7 Å². The molecular weight excluding hydrogens is 482 g/mol. The van der Waals surface area contributed by atoms with Crippen LogP contribution in [0.1, 0.15) is 44.0 Å². The van der Waals surface area contributed by atoms with E-state index in [9.17, 15) is 9.59 Å². The SMILES string of the molecule is CC(C)(C)OC(=O)NC1CCc2ncc(NC(=O)NCc3ccc(-n4cnc5ccccc54)nc3)cc2C1. The van der Waals surface area contributed by atoms with Gasteiger partial charge in [-0.05, 0) is 75.4 Å². The van der Waals surface area contributed by atoms with Gasteiger partial charge in [-0.25, -0.2) is 19.6 Å². The third-order valence-electron chi connectivity index (χ3n) is 6.20. The van der Waals surface area contributed by atoms with Crippen molar-refractivity contribution in [1.29, 1.82) is 0 Å². The van der Waals surface area contributed by atoms with Crippen LogP contribution in [0.5, 0.6) is 0 Å². The van der Waals surface area contributed by atoms with E-state index in [0.717, 1.165) is 46.5 Å². The third kappa shape index (κ3) is 6.08. The summed E-state index contributed by atoms with van der Waals surface area (Å²) in [5, 5.41) is 8.64. The molecule has 10 heteroatoms. The first kappa shape index (κ1) is 25.2. The van der Waals surface area contributed by atoms with Gasteiger partial charge in [-0.15, -0.1) is 0 Å². The number of carbonyl (C=O) groups is 2. The smallest absolute Gasteiger partial charge is 0.407 e. The lowest BCUT2D eigenvalue weighted by Gasteiger charge is -2.27. The summed E-state index contributed by atoms with van der Waals surface area (Å²) in [6.07, 6.45) is 6.89. The number of benzene rings is 1. The average molecular weight is 514 g/mol. The van der Waals surface area contributed by atoms with Gasteiger partial charge in [-0.2, -0.15) is 0 Å². The third-order valence-corrected chi connectivity index (χ3v) is 6.20. The van der Waals surface area contributed by atoms with Crippen LogP contribution in [0.15, 0.2) is 61.2 Å². The van der Waals surface area contributed by atoms with Crippen LogP contribution in [0.2, 0.25) is 0 Å². The molecule has 0 aliphatic heterocycles. The number of aromatic nitrogens is 4. The van der Waals surface area contributed by atoms with Crippen LogP contribution in [0.4, 0.5) is 15.3 Å². The Balaban J connectivity index is 1.15. The number of hydrogen-bond donors (Lipinski definition) is 3. The Bertz CT molecular complexity index is 1460. The molecule has 1 aliphatic rings. The highest BCUT2D eigenvalue weighted by Gasteiger charge is 2.24. The predicted molar refractivity (Wildman–Crippen MR) is 144 cm³/mol. The minimum atomic E-state index is -0.546. The Morgan fingerprint density at radius 2 is 1.92 bits per heavy atom. The van der Waals surface area contributed by atoms with E-state index in [4.69, 9.17) is 4.74 Å². The fourth-order valence-electron chi connectivity index (χ4n) is 4.45. The number of ether oxygens (including phenoxy) is 1. The van der Waals surface area contributed by atoms with E-state index in [1.807, 2.05) is 67.8 Å². The molecule has 0 radical (unpaired) electrons. The number of fused-ring (bicyclic) bond motifs is 2. The quantitative estimate of drug-likeness (QED) is 0.361. The first-order chi connectivity index (χ1) is 18.2. The number of hydrogen-bond acceptors (Lipinski definition) is 6. The van der Waals surface area contributed by atoms with E-state index >= 15 is 0 Å². The van der Waals surface area contributed by atoms with E-state index in [0.29, 0.717) is 18.7 Å². The summed E-state index contributed by atoms with van der Waals surface area (Å²) in [6.45, 7) is 5.84. The number of pyridine rings is 2. The lowest BCUT2D eigenvalue weighted by molar-refractivity contribution is 0.0500. The normalized spacial score (nSPS) is 15.0. The number of aryl methyl sites for hydroxylation is 1. The molecule has 1 aliphatic carbocycles. The zero-order valence-corrected chi connectivity index (χ0v) is 21.7. The van der Waals surface area contributed by atoms with Gasteiger partial charge >= 0.3 is 12.1 Å². The Kier molecular flexibility index (Phi) is 6.95. The largest absolute Gasteiger partial charge is 0.444 e. The fraction of sp³-hybridized carbons (Fsp3) is 0.321. The van der Waals surface area contributed by atoms with E-state index in [1.54, 1.807) is 18.7 Å². The second kappa shape index (κ2) is 10.5. The molecule has 196 valence electrons. The lowest BCUT2D eigenvalue weighted by atomic mass is 9.91. The minimum absolute atomic E-state index is 0.0426. The summed E-state index contributed by atoms with van der Waals surface area (Å²) in [6, 6.07) is 13.2. The van der Waals surface area contributed by atoms with Crippen molar-refractivity contribution in [3.63, 3.8) is 0 Å². The first-order valence-electron chi connectivity index (χ1n) is 12.6. The molecule has 0 saturated heterocycles. The topological polar surface area (TPSA) is 123 Å². The van der Waals surface area contributed by atoms with Crippen molar-refractivity contribution in [2.45, 2.75) is 58.2 Å². The predicted octanol–water partition coefficient (Wildman–Crippen LogP) is 4.52. The fourth-order valence-corrected chi connectivity index (χ4v) is 4.45. The molecule has 10 nitrogen and oxygen atoms in total. The minimum Gasteiger partial charge on any atom is -0.444 e. The van der Waals surface area contributed by atoms with Gasteiger partial charge in [0, 0.05) is 24.5 Å². The molecule has 5 rings (SSSR count). The number of amides is 3. The van der Waals surface area contributed by atoms with Crippen LogP contribution >= 0.6 is 0 Å². The maximum Gasteiger partial charge on any atom is 0.407 e. The highest BCUT2D eigenvalue weighted by molar-refractivity contribution is 5.89. The molecule has 3 N–H and O–H groups in total. The van der Waals surface area contributed by atoms with Crippen molar-refractivity contribution in [1.82, 2.24) is 30.2 Å². The van der Waals surface area contributed by atoms with Crippen molar-refractivity contribution < 1.29 is 14.3 Å². The summed E-state index contributed by atoms with van der Waals surface area (Å²) in [4.78, 5) is 38.1. The van der Waals surface area contributed by atoms with Crippen molar-refractivity contribution in [3.05, 3.63) is 78.0 Å². The molecule has 1 aromatic carbocycles. The van der Waals surface area contributed by atoms with Gasteiger partial charge in [0.15, 0.2) is 0 Å². The number of imidazole rings is 1. The molecule has 0 fully saturated rings. The van der Waals surface area contributed by atoms with Crippen LogP contribution < -0.4 is 16.0 Å². The molecule has 3 aromatic heterocycles. The molecule has 4 aromatic rings. The molecular formula is C28H31N7O3. The second-order valence-electron chi connectivity index (χ2n) is 10.4. The standard InChI is InChI=1S/C28H31N7O3/c1-28(2,3)38-27(37)34-20-9-10-22-19(12-20)13-21(16-29-22)33-26(36)31-15-18-8-11-25(30-14-18)35-17-32-23-6-4-5-7-24(23)35/h4-8,11,13-14,16-17,20H,9-10,12,15H2,1-3H3,(H,34,37)(H2,31,33,36). The van der Waals surface area contributed by atoms with Gasteiger partial charge in [0.25, 0.3) is 0 Å². The van der Waals surface area contributed by atoms with Crippen molar-refractivity contribution in [2.75, 3.05) is 5.32 Å². The van der Waals surface area contributed by atoms with Gasteiger partial charge in [-0.3, -0.25) is 9.55 Å². The number of anilines is 1. The number of carbonyl (C=O) groups excluding carboxylic acids is 2. The van der Waals surface area contributed by atoms with Crippen molar-refractivity contribution in [2.24, 2.45) is 0 Å². The molecule has 1 unspecified atom stereocenters. The number of urea groups is 1. The zero-order chi connectivity index (χ0) is 26.7. The molecule has 3 amide bonds. The highest BCUT2D eigenvalue weighted by atomic mass is 16.6. The lowest BCUT2D eigenvalue weighted by Crippen LogP contribution is -2.42. The van der Waals surface area contributed by atoms with Crippen molar-refractivity contribution in [3.8, 4) is 5.82 Å². The van der Waals surface area contributed by atoms with Gasteiger partial charge in [0.05, 0.1) is 22.9 Å². The second-order valence-corrected chi connectivity index (χ2v) is 10.4. The van der Waals surface area contributed by atoms with Crippen LogP contribution in [0, 0.1) is 0 Å². The summed E-state index contributed by atoms with van der Waals surface area (Å²) < 4.78 is 7.30. The maximum absolute atomic E-state index is 12.5. The maximum atomic E-state index is 12.5. The molecule has 38 heavy (non-hydrogen) atoms. The van der Waals surface area contributed by atoms with Crippen LogP contribution in [0.25, 0.3) is 16.9 Å². The van der Waals surface area contributed by atoms with E-state index in [2.05, 4.69) is 30.9 Å². The Morgan fingerprint density at radius 1 is 1.08 bits per heavy atom. The van der Waals surface area contributed by atoms with Crippen LogP contribution in [-0.2, 0) is 24.1 Å². The summed E-state index contributed by atoms with van der Waals surface area (Å²) in [7, 11) is 0. The highest BCUT2D eigenvalue weighted by Crippen LogP contribution is 2.23. The van der Waals surface area contributed by atoms with Gasteiger partial charge in [0.2, 0.25) is 0 Å². The number of rotatable bonds is 5. The number of alkyl carbamates (subject to hydrolysis) is 1. The van der Waals surface area contributed by atoms with Gasteiger partial charge in [0.1, 0.15) is 17.7 Å². The zero-order valence-electron chi connectivity index (χ0n) is 21.7. The van der Waals surface area contributed by atoms with E-state index in [-0.39, 0.29) is 12.1 Å². The first-order valence-corrected chi connectivity index (χ1v) is 12.6. The number of nitrogens with zero attached hydrogens (tertiary/aromatic N) is 4. The number of para-hydroxylation sites is 2. The number of nitrogens with one attached hydrogen (secondary N) is 3. The average Bonchev–Trinajstić information content (AvgIpc) is 3.31. The summed E-state index contributed by atoms with van der Waals surface area (Å²) in [5.74, 6) is 0.756. The van der Waals surface area contributed by atoms with Gasteiger partial charge in [-0.1, -0.05) is 18.2 Å². The molecule has 0 bridgehead atoms. The molecule has 0 saturated carbocycles. The summed E-state index contributed by atoms with van der Waals surface area (Å²) in [5.41, 5.74) is 4.79. The van der Waals surface area contributed by atoms with Crippen LogP contribution in [-0.4, -0.2) is 43.3 Å². The molecule has 0 spiro atoms. The molecule has 1 atom stereocenters. The Labute approximate surface area is 220 Å². The van der Waals surface area contributed by atoms with Crippen molar-refractivity contribution >= 4 is 28.8 Å². The Morgan fingerprint density at radius 3 is 2.71 bits per heavy atom. The summed E-state index contributed by atoms with van der Waals surface area (Å²) >= 11 is 0.